The molecule has 0 saturated heterocycles. The zero-order chi connectivity index (χ0) is 25.9. The van der Waals surface area contributed by atoms with Crippen LogP contribution in [0.2, 0.25) is 0 Å². The zero-order valence-electron chi connectivity index (χ0n) is 20.8. The van der Waals surface area contributed by atoms with Crippen molar-refractivity contribution in [2.24, 2.45) is 0 Å². The number of hydrogen-bond donors (Lipinski definition) is 2. The Morgan fingerprint density at radius 1 is 1.05 bits per heavy atom. The number of carbonyl (C=O) groups excluding carboxylic acids is 1. The summed E-state index contributed by atoms with van der Waals surface area (Å²) in [7, 11) is 1.63. The van der Waals surface area contributed by atoms with E-state index in [1.54, 1.807) is 36.1 Å². The molecule has 0 aliphatic heterocycles. The van der Waals surface area contributed by atoms with Gasteiger partial charge in [0.25, 0.3) is 17.1 Å². The molecule has 0 aliphatic carbocycles. The number of methoxy groups -OCH3 is 1. The molecule has 3 aromatic heterocycles. The van der Waals surface area contributed by atoms with Gasteiger partial charge in [0.2, 0.25) is 11.5 Å². The summed E-state index contributed by atoms with van der Waals surface area (Å²) in [4.78, 5) is 31.4. The number of ether oxygens (including phenoxy) is 1. The Balaban J connectivity index is 1.56. The lowest BCUT2D eigenvalue weighted by molar-refractivity contribution is -0.658. The highest BCUT2D eigenvalue weighted by molar-refractivity contribution is 6.00. The number of hydrogen-bond acceptors (Lipinski definition) is 5. The van der Waals surface area contributed by atoms with Gasteiger partial charge in [0, 0.05) is 19.2 Å². The molecule has 0 atom stereocenters. The lowest BCUT2D eigenvalue weighted by Gasteiger charge is -2.13. The first-order valence-electron chi connectivity index (χ1n) is 12.0. The fourth-order valence-corrected chi connectivity index (χ4v) is 4.33. The molecule has 37 heavy (non-hydrogen) atoms. The van der Waals surface area contributed by atoms with Gasteiger partial charge in [-0.05, 0) is 48.4 Å². The number of anilines is 1. The fraction of sp³-hybridized carbons (Fsp3) is 0.172. The van der Waals surface area contributed by atoms with Gasteiger partial charge in [0.15, 0.2) is 0 Å². The number of nitrogen functional groups attached to an aromatic ring is 1. The van der Waals surface area contributed by atoms with Crippen molar-refractivity contribution in [3.8, 4) is 5.75 Å². The van der Waals surface area contributed by atoms with Gasteiger partial charge in [0.05, 0.1) is 13.7 Å². The number of pyridine rings is 2. The van der Waals surface area contributed by atoms with Crippen LogP contribution in [0.3, 0.4) is 0 Å². The van der Waals surface area contributed by atoms with Crippen molar-refractivity contribution in [3.63, 3.8) is 0 Å². The maximum Gasteiger partial charge on any atom is 0.278 e. The number of rotatable bonds is 7. The van der Waals surface area contributed by atoms with Crippen LogP contribution in [0.15, 0.2) is 83.8 Å². The molecule has 3 N–H and O–H groups in total. The van der Waals surface area contributed by atoms with Crippen molar-refractivity contribution in [3.05, 3.63) is 112 Å². The maximum absolute atomic E-state index is 13.4. The number of nitrogens with two attached hydrogens (primary N) is 1. The average molecular weight is 495 g/mol. The molecular weight excluding hydrogens is 466 g/mol. The van der Waals surface area contributed by atoms with E-state index in [0.717, 1.165) is 22.4 Å². The molecule has 0 unspecified atom stereocenters. The Hall–Kier alpha value is -4.72. The molecule has 0 spiro atoms. The number of nitrogens with zero attached hydrogens (tertiary/aromatic N) is 3. The topological polar surface area (TPSA) is 103 Å². The van der Waals surface area contributed by atoms with E-state index in [2.05, 4.69) is 5.32 Å². The van der Waals surface area contributed by atoms with Crippen molar-refractivity contribution < 1.29 is 14.1 Å². The second kappa shape index (κ2) is 10.1. The molecule has 5 rings (SSSR count). The number of nitrogens with one attached hydrogen (secondary N) is 1. The Morgan fingerprint density at radius 3 is 2.51 bits per heavy atom. The minimum Gasteiger partial charge on any atom is -0.497 e. The third-order valence-corrected chi connectivity index (χ3v) is 6.46. The summed E-state index contributed by atoms with van der Waals surface area (Å²) < 4.78 is 8.48. The van der Waals surface area contributed by atoms with Crippen LogP contribution >= 0.6 is 0 Å². The molecule has 8 heteroatoms. The molecule has 0 radical (unpaired) electrons. The molecule has 5 aromatic rings. The first-order chi connectivity index (χ1) is 17.9. The first-order valence-corrected chi connectivity index (χ1v) is 12.0. The van der Waals surface area contributed by atoms with Gasteiger partial charge in [-0.25, -0.2) is 4.57 Å². The van der Waals surface area contributed by atoms with Gasteiger partial charge >= 0.3 is 0 Å². The van der Waals surface area contributed by atoms with Crippen LogP contribution in [-0.4, -0.2) is 22.4 Å². The molecule has 0 saturated carbocycles. The summed E-state index contributed by atoms with van der Waals surface area (Å²) in [6.07, 6.45) is 2.29. The Kier molecular flexibility index (Phi) is 6.55. The van der Waals surface area contributed by atoms with Crippen LogP contribution in [-0.2, 0) is 19.5 Å². The van der Waals surface area contributed by atoms with E-state index in [1.807, 2.05) is 61.5 Å². The number of aryl methyl sites for hydroxylation is 3. The summed E-state index contributed by atoms with van der Waals surface area (Å²) in [5, 5.41) is 3.26. The smallest absolute Gasteiger partial charge is 0.278 e. The summed E-state index contributed by atoms with van der Waals surface area (Å²) in [5.41, 5.74) is 10.7. The predicted molar refractivity (Wildman–Crippen MR) is 143 cm³/mol. The minimum atomic E-state index is -0.351. The van der Waals surface area contributed by atoms with E-state index < -0.39 is 0 Å². The number of aromatic nitrogens is 3. The molecule has 0 aliphatic rings. The van der Waals surface area contributed by atoms with Crippen molar-refractivity contribution in [1.82, 2.24) is 14.7 Å². The molecule has 0 bridgehead atoms. The predicted octanol–water partition coefficient (Wildman–Crippen LogP) is 3.21. The van der Waals surface area contributed by atoms with Crippen molar-refractivity contribution in [2.75, 3.05) is 12.8 Å². The third-order valence-electron chi connectivity index (χ3n) is 6.46. The lowest BCUT2D eigenvalue weighted by Crippen LogP contribution is -2.43. The summed E-state index contributed by atoms with van der Waals surface area (Å²) in [6, 6.07) is 22.6. The molecular formula is C29H28N5O3+. The highest BCUT2D eigenvalue weighted by Gasteiger charge is 2.24. The highest BCUT2D eigenvalue weighted by atomic mass is 16.5. The number of carbonyl (C=O) groups is 1. The van der Waals surface area contributed by atoms with Gasteiger partial charge < -0.3 is 15.8 Å². The summed E-state index contributed by atoms with van der Waals surface area (Å²) >= 11 is 0. The van der Waals surface area contributed by atoms with Crippen LogP contribution in [0.25, 0.3) is 16.7 Å². The van der Waals surface area contributed by atoms with Crippen LogP contribution in [0.4, 0.5) is 5.82 Å². The van der Waals surface area contributed by atoms with Crippen LogP contribution in [0.1, 0.15) is 27.0 Å². The standard InChI is InChI=1S/C29H27N5O3/c1-19-6-8-21(9-7-19)18-31-28(35)23-17-24-27(32-25-5-3-4-15-33(25)29(24)36)34(26(23)30)16-14-20-10-12-22(37-2)13-11-20/h3-13,15,17,30H,14,16,18H2,1-2H3,(H,31,35)/p+1. The SMILES string of the molecule is COc1ccc(CC[n+]2c(N)c(C(=O)NCc3ccc(C)cc3)cc3c(=O)n4ccccc4nc32)cc1. The number of benzene rings is 2. The van der Waals surface area contributed by atoms with Crippen molar-refractivity contribution in [1.29, 1.82) is 0 Å². The third kappa shape index (κ3) is 4.86. The summed E-state index contributed by atoms with van der Waals surface area (Å²) in [5.74, 6) is 0.681. The van der Waals surface area contributed by atoms with E-state index >= 15 is 0 Å². The lowest BCUT2D eigenvalue weighted by atomic mass is 10.1. The Bertz CT molecular complexity index is 1660. The fourth-order valence-electron chi connectivity index (χ4n) is 4.33. The van der Waals surface area contributed by atoms with Crippen LogP contribution in [0.5, 0.6) is 5.75 Å². The maximum atomic E-state index is 13.4. The van der Waals surface area contributed by atoms with Gasteiger partial charge in [-0.15, -0.1) is 0 Å². The molecule has 186 valence electrons. The largest absolute Gasteiger partial charge is 0.497 e. The van der Waals surface area contributed by atoms with E-state index in [9.17, 15) is 9.59 Å². The molecule has 8 nitrogen and oxygen atoms in total. The van der Waals surface area contributed by atoms with Gasteiger partial charge in [-0.3, -0.25) is 14.0 Å². The number of amides is 1. The zero-order valence-corrected chi connectivity index (χ0v) is 20.8. The van der Waals surface area contributed by atoms with Crippen LogP contribution < -0.4 is 25.9 Å². The highest BCUT2D eigenvalue weighted by Crippen LogP contribution is 2.17. The molecule has 0 fully saturated rings. The molecule has 2 aromatic carbocycles. The molecule has 1 amide bonds. The second-order valence-electron chi connectivity index (χ2n) is 8.94. The molecule has 3 heterocycles. The van der Waals surface area contributed by atoms with E-state index in [4.69, 9.17) is 15.5 Å². The van der Waals surface area contributed by atoms with Gasteiger partial charge in [0.1, 0.15) is 16.7 Å². The minimum absolute atomic E-state index is 0.240. The normalized spacial score (nSPS) is 11.1. The number of fused-ring (bicyclic) bond motifs is 2. The van der Waals surface area contributed by atoms with Gasteiger partial charge in [-0.2, -0.15) is 0 Å². The van der Waals surface area contributed by atoms with E-state index in [-0.39, 0.29) is 22.8 Å². The van der Waals surface area contributed by atoms with Crippen molar-refractivity contribution in [2.45, 2.75) is 26.4 Å². The quantitative estimate of drug-likeness (QED) is 0.267. The monoisotopic (exact) mass is 494 g/mol. The summed E-state index contributed by atoms with van der Waals surface area (Å²) in [6.45, 7) is 2.79. The van der Waals surface area contributed by atoms with Gasteiger partial charge in [-0.1, -0.05) is 53.0 Å². The first kappa shape index (κ1) is 24.0. The Labute approximate surface area is 214 Å². The van der Waals surface area contributed by atoms with Crippen molar-refractivity contribution >= 4 is 28.4 Å². The van der Waals surface area contributed by atoms with E-state index in [0.29, 0.717) is 36.2 Å². The van der Waals surface area contributed by atoms with E-state index in [1.165, 1.54) is 4.40 Å². The second-order valence-corrected chi connectivity index (χ2v) is 8.94. The van der Waals surface area contributed by atoms with Crippen LogP contribution in [0, 0.1) is 6.92 Å². The Morgan fingerprint density at radius 2 is 1.78 bits per heavy atom. The average Bonchev–Trinajstić information content (AvgIpc) is 2.92.